The summed E-state index contributed by atoms with van der Waals surface area (Å²) in [5, 5.41) is 13.1. The highest BCUT2D eigenvalue weighted by Gasteiger charge is 2.53. The Hall–Kier alpha value is -0.980. The van der Waals surface area contributed by atoms with Gasteiger partial charge in [-0.05, 0) is 74.7 Å². The highest BCUT2D eigenvalue weighted by atomic mass is 35.5. The Morgan fingerprint density at radius 1 is 1.25 bits per heavy atom. The summed E-state index contributed by atoms with van der Waals surface area (Å²) < 4.78 is 1.74. The molecule has 150 valence electrons. The number of fused-ring (bicyclic) bond motifs is 1. The lowest BCUT2D eigenvalue weighted by Gasteiger charge is -2.59. The molecule has 1 unspecified atom stereocenters. The van der Waals surface area contributed by atoms with Crippen LogP contribution in [0.25, 0.3) is 5.65 Å². The van der Waals surface area contributed by atoms with Gasteiger partial charge < -0.3 is 5.32 Å². The van der Waals surface area contributed by atoms with Crippen molar-refractivity contribution in [3.63, 3.8) is 0 Å². The number of hydrogen-bond acceptors (Lipinski definition) is 4. The van der Waals surface area contributed by atoms with Crippen molar-refractivity contribution in [1.29, 1.82) is 0 Å². The first-order chi connectivity index (χ1) is 13.4. The van der Waals surface area contributed by atoms with Crippen molar-refractivity contribution in [3.05, 3.63) is 22.3 Å². The van der Waals surface area contributed by atoms with Crippen LogP contribution in [0.1, 0.15) is 45.4 Å². The molecule has 1 atom stereocenters. The predicted molar refractivity (Wildman–Crippen MR) is 112 cm³/mol. The first-order valence-corrected chi connectivity index (χ1v) is 11.8. The maximum absolute atomic E-state index is 12.7. The molecule has 0 spiro atoms. The van der Waals surface area contributed by atoms with Crippen molar-refractivity contribution in [1.82, 2.24) is 19.9 Å². The molecule has 0 aromatic carbocycles. The van der Waals surface area contributed by atoms with E-state index in [1.807, 2.05) is 0 Å². The molecule has 0 aliphatic heterocycles. The van der Waals surface area contributed by atoms with Crippen molar-refractivity contribution in [2.24, 2.45) is 23.2 Å². The normalized spacial score (nSPS) is 32.0. The lowest BCUT2D eigenvalue weighted by molar-refractivity contribution is -0.123. The quantitative estimate of drug-likeness (QED) is 0.677. The molecule has 1 amide bonds. The van der Waals surface area contributed by atoms with Crippen LogP contribution >= 0.6 is 35.0 Å². The molecule has 4 aliphatic carbocycles. The number of nitrogens with zero attached hydrogens (tertiary/aromatic N) is 3. The van der Waals surface area contributed by atoms with Crippen LogP contribution in [0, 0.1) is 23.2 Å². The van der Waals surface area contributed by atoms with E-state index >= 15 is 0 Å². The zero-order valence-electron chi connectivity index (χ0n) is 15.8. The summed E-state index contributed by atoms with van der Waals surface area (Å²) in [6.07, 6.45) is 9.85. The van der Waals surface area contributed by atoms with Gasteiger partial charge in [-0.1, -0.05) is 35.0 Å². The number of carbonyl (C=O) groups excluding carboxylic acids is 1. The standard InChI is InChI=1S/C20H24Cl2N4OS/c1-11(20-6-12-2-13(7-20)4-14(3-12)8-20)23-17(27)10-28-19-25-24-18-16(22)5-15(21)9-26(18)19/h5,9,11-14H,2-4,6-8,10H2,1H3,(H,23,27). The molecule has 2 heterocycles. The third-order valence-electron chi connectivity index (χ3n) is 7.11. The summed E-state index contributed by atoms with van der Waals surface area (Å²) in [5.41, 5.74) is 0.869. The Morgan fingerprint density at radius 3 is 2.54 bits per heavy atom. The third kappa shape index (κ3) is 3.31. The molecular weight excluding hydrogens is 415 g/mol. The summed E-state index contributed by atoms with van der Waals surface area (Å²) in [5.74, 6) is 3.02. The highest BCUT2D eigenvalue weighted by Crippen LogP contribution is 2.61. The number of nitrogens with one attached hydrogen (secondary N) is 1. The van der Waals surface area contributed by atoms with Gasteiger partial charge in [0.1, 0.15) is 0 Å². The van der Waals surface area contributed by atoms with Crippen LogP contribution in [0.3, 0.4) is 0 Å². The number of halogens is 2. The van der Waals surface area contributed by atoms with E-state index < -0.39 is 0 Å². The van der Waals surface area contributed by atoms with E-state index in [0.717, 1.165) is 17.8 Å². The molecule has 4 saturated carbocycles. The van der Waals surface area contributed by atoms with Gasteiger partial charge in [0, 0.05) is 12.2 Å². The maximum atomic E-state index is 12.7. The molecule has 28 heavy (non-hydrogen) atoms. The largest absolute Gasteiger partial charge is 0.352 e. The fourth-order valence-corrected chi connectivity index (χ4v) is 7.50. The Kier molecular flexibility index (Phi) is 4.80. The van der Waals surface area contributed by atoms with Gasteiger partial charge in [0.05, 0.1) is 15.8 Å². The SMILES string of the molecule is CC(NC(=O)CSc1nnc2c(Cl)cc(Cl)cn12)C12CC3CC(CC(C3)C1)C2. The fourth-order valence-electron chi connectivity index (χ4n) is 6.28. The van der Waals surface area contributed by atoms with Crippen LogP contribution < -0.4 is 5.32 Å². The van der Waals surface area contributed by atoms with Gasteiger partial charge in [0.2, 0.25) is 5.91 Å². The predicted octanol–water partition coefficient (Wildman–Crippen LogP) is 4.85. The van der Waals surface area contributed by atoms with E-state index in [4.69, 9.17) is 23.2 Å². The lowest BCUT2D eigenvalue weighted by atomic mass is 9.48. The van der Waals surface area contributed by atoms with Crippen LogP contribution in [-0.4, -0.2) is 32.3 Å². The zero-order chi connectivity index (χ0) is 19.5. The van der Waals surface area contributed by atoms with Gasteiger partial charge in [-0.2, -0.15) is 0 Å². The van der Waals surface area contributed by atoms with Crippen LogP contribution in [0.15, 0.2) is 17.4 Å². The van der Waals surface area contributed by atoms with Gasteiger partial charge in [0.15, 0.2) is 10.8 Å². The van der Waals surface area contributed by atoms with E-state index in [9.17, 15) is 4.79 Å². The Bertz CT molecular complexity index is 895. The van der Waals surface area contributed by atoms with Crippen molar-refractivity contribution in [3.8, 4) is 0 Å². The molecule has 5 nitrogen and oxygen atoms in total. The number of carbonyl (C=O) groups is 1. The van der Waals surface area contributed by atoms with Gasteiger partial charge in [-0.3, -0.25) is 9.20 Å². The van der Waals surface area contributed by atoms with Crippen LogP contribution in [0.5, 0.6) is 0 Å². The second-order valence-electron chi connectivity index (χ2n) is 9.04. The summed E-state index contributed by atoms with van der Waals surface area (Å²) in [4.78, 5) is 12.7. The molecule has 4 fully saturated rings. The number of rotatable bonds is 5. The monoisotopic (exact) mass is 438 g/mol. The van der Waals surface area contributed by atoms with Gasteiger partial charge in [0.25, 0.3) is 0 Å². The first kappa shape index (κ1) is 19.0. The average molecular weight is 439 g/mol. The van der Waals surface area contributed by atoms with E-state index in [-0.39, 0.29) is 11.9 Å². The molecule has 1 N–H and O–H groups in total. The summed E-state index contributed by atoms with van der Waals surface area (Å²) in [6, 6.07) is 1.87. The van der Waals surface area contributed by atoms with Crippen LogP contribution in [-0.2, 0) is 4.79 Å². The molecular formula is C20H24Cl2N4OS. The molecule has 2 aromatic heterocycles. The minimum atomic E-state index is 0.0538. The summed E-state index contributed by atoms with van der Waals surface area (Å²) in [6.45, 7) is 2.21. The van der Waals surface area contributed by atoms with Crippen molar-refractivity contribution in [2.45, 2.75) is 56.6 Å². The van der Waals surface area contributed by atoms with Crippen molar-refractivity contribution < 1.29 is 4.79 Å². The first-order valence-electron chi connectivity index (χ1n) is 10.0. The summed E-state index contributed by atoms with van der Waals surface area (Å²) in [7, 11) is 0. The molecule has 0 saturated heterocycles. The second-order valence-corrected chi connectivity index (χ2v) is 10.8. The molecule has 4 bridgehead atoms. The zero-order valence-corrected chi connectivity index (χ0v) is 18.2. The Balaban J connectivity index is 1.24. The Morgan fingerprint density at radius 2 is 1.89 bits per heavy atom. The van der Waals surface area contributed by atoms with E-state index in [1.165, 1.54) is 50.3 Å². The fraction of sp³-hybridized carbons (Fsp3) is 0.650. The number of amides is 1. The number of hydrogen-bond donors (Lipinski definition) is 1. The Labute approximate surface area is 178 Å². The van der Waals surface area contributed by atoms with Crippen molar-refractivity contribution in [2.75, 3.05) is 5.75 Å². The smallest absolute Gasteiger partial charge is 0.230 e. The number of thioether (sulfide) groups is 1. The molecule has 2 aromatic rings. The maximum Gasteiger partial charge on any atom is 0.230 e. The average Bonchev–Trinajstić information content (AvgIpc) is 3.02. The minimum Gasteiger partial charge on any atom is -0.352 e. The van der Waals surface area contributed by atoms with Crippen LogP contribution in [0.2, 0.25) is 10.0 Å². The van der Waals surface area contributed by atoms with Gasteiger partial charge in [-0.15, -0.1) is 10.2 Å². The lowest BCUT2D eigenvalue weighted by Crippen LogP contribution is -2.56. The second kappa shape index (κ2) is 7.06. The highest BCUT2D eigenvalue weighted by molar-refractivity contribution is 7.99. The number of aromatic nitrogens is 3. The van der Waals surface area contributed by atoms with Crippen LogP contribution in [0.4, 0.5) is 0 Å². The number of pyridine rings is 1. The minimum absolute atomic E-state index is 0.0538. The van der Waals surface area contributed by atoms with E-state index in [0.29, 0.717) is 32.0 Å². The molecule has 4 aliphatic rings. The molecule has 0 radical (unpaired) electrons. The van der Waals surface area contributed by atoms with E-state index in [1.54, 1.807) is 16.7 Å². The van der Waals surface area contributed by atoms with Gasteiger partial charge >= 0.3 is 0 Å². The molecule has 8 heteroatoms. The summed E-state index contributed by atoms with van der Waals surface area (Å²) >= 11 is 13.6. The van der Waals surface area contributed by atoms with Crippen molar-refractivity contribution >= 4 is 46.5 Å². The third-order valence-corrected chi connectivity index (χ3v) is 8.54. The van der Waals surface area contributed by atoms with Gasteiger partial charge in [-0.25, -0.2) is 0 Å². The van der Waals surface area contributed by atoms with E-state index in [2.05, 4.69) is 22.4 Å². The topological polar surface area (TPSA) is 59.3 Å². The molecule has 6 rings (SSSR count).